The van der Waals surface area contributed by atoms with E-state index in [2.05, 4.69) is 14.5 Å². The van der Waals surface area contributed by atoms with Crippen LogP contribution >= 0.6 is 0 Å². The molecule has 1 aliphatic rings. The Morgan fingerprint density at radius 1 is 0.933 bits per heavy atom. The third-order valence-corrected chi connectivity index (χ3v) is 5.05. The number of benzene rings is 1. The van der Waals surface area contributed by atoms with Crippen LogP contribution in [0.3, 0.4) is 0 Å². The lowest BCUT2D eigenvalue weighted by Gasteiger charge is -2.35. The van der Waals surface area contributed by atoms with E-state index in [1.165, 1.54) is 0 Å². The molecule has 164 valence electrons. The van der Waals surface area contributed by atoms with Crippen LogP contribution in [-0.4, -0.2) is 77.8 Å². The monoisotopic (exact) mass is 416 g/mol. The van der Waals surface area contributed by atoms with E-state index in [1.807, 2.05) is 38.2 Å². The summed E-state index contributed by atoms with van der Waals surface area (Å²) in [7, 11) is 0. The Labute approximate surface area is 178 Å². The summed E-state index contributed by atoms with van der Waals surface area (Å²) in [5.41, 5.74) is 0.567. The number of aromatic nitrogens is 2. The number of ether oxygens (including phenoxy) is 3. The third-order valence-electron chi connectivity index (χ3n) is 5.05. The minimum absolute atomic E-state index is 0.00536. The largest absolute Gasteiger partial charge is 0.490 e. The zero-order valence-corrected chi connectivity index (χ0v) is 18.2. The van der Waals surface area contributed by atoms with Crippen molar-refractivity contribution in [2.75, 3.05) is 52.5 Å². The third kappa shape index (κ3) is 5.44. The highest BCUT2D eigenvalue weighted by Crippen LogP contribution is 2.39. The van der Waals surface area contributed by atoms with E-state index in [1.54, 1.807) is 18.3 Å². The van der Waals surface area contributed by atoms with Crippen LogP contribution in [0, 0.1) is 0 Å². The van der Waals surface area contributed by atoms with Crippen molar-refractivity contribution in [1.29, 1.82) is 0 Å². The van der Waals surface area contributed by atoms with Gasteiger partial charge in [-0.1, -0.05) is 0 Å². The number of piperazine rings is 1. The molecule has 0 unspecified atom stereocenters. The molecule has 8 nitrogen and oxygen atoms in total. The fourth-order valence-corrected chi connectivity index (χ4v) is 3.55. The second-order valence-corrected chi connectivity index (χ2v) is 7.04. The van der Waals surface area contributed by atoms with Crippen LogP contribution in [0.2, 0.25) is 0 Å². The quantitative estimate of drug-likeness (QED) is 0.593. The van der Waals surface area contributed by atoms with Crippen molar-refractivity contribution in [2.24, 2.45) is 0 Å². The molecule has 0 radical (unpaired) electrons. The highest BCUT2D eigenvalue weighted by atomic mass is 16.5. The molecular formula is C22H32N4O4. The van der Waals surface area contributed by atoms with Gasteiger partial charge < -0.3 is 23.7 Å². The molecule has 2 aromatic rings. The molecule has 1 saturated heterocycles. The van der Waals surface area contributed by atoms with E-state index in [0.29, 0.717) is 55.7 Å². The minimum atomic E-state index is -0.00536. The number of rotatable bonds is 10. The summed E-state index contributed by atoms with van der Waals surface area (Å²) in [4.78, 5) is 21.5. The standard InChI is InChI=1S/C22H32N4O4/c1-4-28-19-15-18(16-20(29-5-2)21(19)30-6-3)22(27)26-13-11-24(12-14-26)9-10-25-8-7-23-17-25/h7-8,15-17H,4-6,9-14H2,1-3H3. The summed E-state index contributed by atoms with van der Waals surface area (Å²) in [5, 5.41) is 0. The average Bonchev–Trinajstić information content (AvgIpc) is 3.28. The first-order valence-corrected chi connectivity index (χ1v) is 10.7. The fourth-order valence-electron chi connectivity index (χ4n) is 3.55. The van der Waals surface area contributed by atoms with Crippen molar-refractivity contribution in [3.63, 3.8) is 0 Å². The molecule has 1 fully saturated rings. The Morgan fingerprint density at radius 2 is 1.57 bits per heavy atom. The number of nitrogens with zero attached hydrogens (tertiary/aromatic N) is 4. The first-order chi connectivity index (χ1) is 14.7. The van der Waals surface area contributed by atoms with Gasteiger partial charge >= 0.3 is 0 Å². The Kier molecular flexibility index (Phi) is 7.96. The van der Waals surface area contributed by atoms with E-state index in [0.717, 1.165) is 26.2 Å². The lowest BCUT2D eigenvalue weighted by Crippen LogP contribution is -2.49. The van der Waals surface area contributed by atoms with E-state index in [-0.39, 0.29) is 5.91 Å². The van der Waals surface area contributed by atoms with Gasteiger partial charge in [-0.05, 0) is 32.9 Å². The molecule has 1 aliphatic heterocycles. The molecule has 3 rings (SSSR count). The van der Waals surface area contributed by atoms with Crippen LogP contribution in [0.5, 0.6) is 17.2 Å². The lowest BCUT2D eigenvalue weighted by molar-refractivity contribution is 0.0632. The molecule has 1 aromatic heterocycles. The molecule has 1 aromatic carbocycles. The number of hydrogen-bond acceptors (Lipinski definition) is 6. The Hall–Kier alpha value is -2.74. The van der Waals surface area contributed by atoms with Gasteiger partial charge in [0.05, 0.1) is 26.1 Å². The summed E-state index contributed by atoms with van der Waals surface area (Å²) < 4.78 is 19.3. The number of carbonyl (C=O) groups excluding carboxylic acids is 1. The van der Waals surface area contributed by atoms with Crippen LogP contribution in [0.1, 0.15) is 31.1 Å². The van der Waals surface area contributed by atoms with Crippen LogP contribution in [-0.2, 0) is 6.54 Å². The van der Waals surface area contributed by atoms with E-state index < -0.39 is 0 Å². The first kappa shape index (κ1) is 22.0. The molecule has 1 amide bonds. The van der Waals surface area contributed by atoms with Crippen molar-refractivity contribution in [1.82, 2.24) is 19.4 Å². The Morgan fingerprint density at radius 3 is 2.10 bits per heavy atom. The van der Waals surface area contributed by atoms with Crippen molar-refractivity contribution < 1.29 is 19.0 Å². The molecule has 0 spiro atoms. The maximum atomic E-state index is 13.2. The smallest absolute Gasteiger partial charge is 0.254 e. The summed E-state index contributed by atoms with van der Waals surface area (Å²) in [5.74, 6) is 1.65. The van der Waals surface area contributed by atoms with Gasteiger partial charge in [0, 0.05) is 57.2 Å². The van der Waals surface area contributed by atoms with Crippen LogP contribution < -0.4 is 14.2 Å². The number of carbonyl (C=O) groups is 1. The average molecular weight is 417 g/mol. The molecule has 0 N–H and O–H groups in total. The zero-order valence-electron chi connectivity index (χ0n) is 18.2. The van der Waals surface area contributed by atoms with Gasteiger partial charge in [0.2, 0.25) is 5.75 Å². The number of hydrogen-bond donors (Lipinski definition) is 0. The first-order valence-electron chi connectivity index (χ1n) is 10.7. The van der Waals surface area contributed by atoms with Crippen molar-refractivity contribution >= 4 is 5.91 Å². The van der Waals surface area contributed by atoms with Gasteiger partial charge in [-0.2, -0.15) is 0 Å². The van der Waals surface area contributed by atoms with Gasteiger partial charge in [-0.3, -0.25) is 9.69 Å². The Balaban J connectivity index is 1.66. The van der Waals surface area contributed by atoms with Crippen molar-refractivity contribution in [2.45, 2.75) is 27.3 Å². The second kappa shape index (κ2) is 10.9. The van der Waals surface area contributed by atoms with Crippen molar-refractivity contribution in [3.8, 4) is 17.2 Å². The maximum Gasteiger partial charge on any atom is 0.254 e. The predicted molar refractivity (Wildman–Crippen MR) is 115 cm³/mol. The molecule has 0 atom stereocenters. The van der Waals surface area contributed by atoms with Crippen LogP contribution in [0.15, 0.2) is 30.9 Å². The summed E-state index contributed by atoms with van der Waals surface area (Å²) in [6.45, 7) is 12.2. The maximum absolute atomic E-state index is 13.2. The van der Waals surface area contributed by atoms with Gasteiger partial charge in [-0.15, -0.1) is 0 Å². The molecule has 8 heteroatoms. The van der Waals surface area contributed by atoms with Crippen molar-refractivity contribution in [3.05, 3.63) is 36.4 Å². The summed E-state index contributed by atoms with van der Waals surface area (Å²) in [6.07, 6.45) is 5.59. The summed E-state index contributed by atoms with van der Waals surface area (Å²) >= 11 is 0. The zero-order chi connectivity index (χ0) is 21.3. The molecule has 0 saturated carbocycles. The normalized spacial score (nSPS) is 14.6. The highest BCUT2D eigenvalue weighted by molar-refractivity contribution is 5.95. The predicted octanol–water partition coefficient (Wildman–Crippen LogP) is 2.54. The van der Waals surface area contributed by atoms with Gasteiger partial charge in [-0.25, -0.2) is 4.98 Å². The van der Waals surface area contributed by atoms with Crippen LogP contribution in [0.4, 0.5) is 0 Å². The molecule has 0 aliphatic carbocycles. The Bertz CT molecular complexity index is 774. The topological polar surface area (TPSA) is 69.1 Å². The molecule has 0 bridgehead atoms. The lowest BCUT2D eigenvalue weighted by atomic mass is 10.1. The minimum Gasteiger partial charge on any atom is -0.490 e. The SMILES string of the molecule is CCOc1cc(C(=O)N2CCN(CCn3ccnc3)CC2)cc(OCC)c1OCC. The van der Waals surface area contributed by atoms with E-state index in [4.69, 9.17) is 14.2 Å². The van der Waals surface area contributed by atoms with Gasteiger partial charge in [0.25, 0.3) is 5.91 Å². The molecule has 2 heterocycles. The van der Waals surface area contributed by atoms with Gasteiger partial charge in [0.15, 0.2) is 11.5 Å². The number of amides is 1. The summed E-state index contributed by atoms with van der Waals surface area (Å²) in [6, 6.07) is 3.54. The van der Waals surface area contributed by atoms with E-state index >= 15 is 0 Å². The van der Waals surface area contributed by atoms with Crippen LogP contribution in [0.25, 0.3) is 0 Å². The second-order valence-electron chi connectivity index (χ2n) is 7.04. The van der Waals surface area contributed by atoms with Gasteiger partial charge in [0.1, 0.15) is 0 Å². The highest BCUT2D eigenvalue weighted by Gasteiger charge is 2.25. The molecular weight excluding hydrogens is 384 g/mol. The number of imidazole rings is 1. The fraction of sp³-hybridized carbons (Fsp3) is 0.545. The molecule has 30 heavy (non-hydrogen) atoms. The van der Waals surface area contributed by atoms with E-state index in [9.17, 15) is 4.79 Å².